The van der Waals surface area contributed by atoms with E-state index in [1.54, 1.807) is 21.8 Å². The molecular formula is C21H25F3N4O2. The van der Waals surface area contributed by atoms with Crippen LogP contribution in [0.2, 0.25) is 0 Å². The van der Waals surface area contributed by atoms with Crippen molar-refractivity contribution in [2.24, 2.45) is 5.92 Å². The van der Waals surface area contributed by atoms with Crippen LogP contribution >= 0.6 is 0 Å². The molecule has 1 aromatic heterocycles. The van der Waals surface area contributed by atoms with Crippen molar-refractivity contribution in [3.8, 4) is 0 Å². The zero-order chi connectivity index (χ0) is 21.9. The third kappa shape index (κ3) is 4.83. The molecule has 1 fully saturated rings. The molecule has 0 radical (unpaired) electrons. The summed E-state index contributed by atoms with van der Waals surface area (Å²) in [5, 5.41) is 7.18. The summed E-state index contributed by atoms with van der Waals surface area (Å²) in [5.41, 5.74) is -0.575. The SMILES string of the molecule is CCC(C)n1nccc1NC(=O)C1CCN(C(=O)c2ccc(C(F)(F)F)cc2)CC1. The minimum absolute atomic E-state index is 0.110. The van der Waals surface area contributed by atoms with Gasteiger partial charge in [0, 0.05) is 30.6 Å². The van der Waals surface area contributed by atoms with Crippen molar-refractivity contribution in [1.29, 1.82) is 0 Å². The molecule has 2 amide bonds. The normalized spacial score (nSPS) is 16.4. The van der Waals surface area contributed by atoms with Crippen LogP contribution in [0.4, 0.5) is 19.0 Å². The second-order valence-corrected chi connectivity index (χ2v) is 7.55. The lowest BCUT2D eigenvalue weighted by molar-refractivity contribution is -0.137. The monoisotopic (exact) mass is 422 g/mol. The number of anilines is 1. The summed E-state index contributed by atoms with van der Waals surface area (Å²) in [7, 11) is 0. The average Bonchev–Trinajstić information content (AvgIpc) is 3.20. The van der Waals surface area contributed by atoms with Crippen LogP contribution < -0.4 is 5.32 Å². The number of nitrogens with one attached hydrogen (secondary N) is 1. The van der Waals surface area contributed by atoms with E-state index in [-0.39, 0.29) is 29.3 Å². The molecular weight excluding hydrogens is 397 g/mol. The molecule has 2 heterocycles. The summed E-state index contributed by atoms with van der Waals surface area (Å²) >= 11 is 0. The van der Waals surface area contributed by atoms with Crippen molar-refractivity contribution in [3.63, 3.8) is 0 Å². The third-order valence-corrected chi connectivity index (χ3v) is 5.54. The van der Waals surface area contributed by atoms with Gasteiger partial charge in [-0.2, -0.15) is 18.3 Å². The lowest BCUT2D eigenvalue weighted by Crippen LogP contribution is -2.41. The van der Waals surface area contributed by atoms with Gasteiger partial charge in [0.1, 0.15) is 5.82 Å². The van der Waals surface area contributed by atoms with E-state index in [4.69, 9.17) is 0 Å². The Hall–Kier alpha value is -2.84. The summed E-state index contributed by atoms with van der Waals surface area (Å²) < 4.78 is 39.8. The molecule has 162 valence electrons. The molecule has 1 saturated heterocycles. The van der Waals surface area contributed by atoms with Gasteiger partial charge in [0.25, 0.3) is 5.91 Å². The number of nitrogens with zero attached hydrogens (tertiary/aromatic N) is 3. The Bertz CT molecular complexity index is 884. The minimum Gasteiger partial charge on any atom is -0.339 e. The Morgan fingerprint density at radius 3 is 2.37 bits per heavy atom. The first-order chi connectivity index (χ1) is 14.2. The number of benzene rings is 1. The van der Waals surface area contributed by atoms with Crippen LogP contribution in [0, 0.1) is 5.92 Å². The molecule has 0 aliphatic carbocycles. The first kappa shape index (κ1) is 21.9. The van der Waals surface area contributed by atoms with Crippen LogP contribution in [0.1, 0.15) is 55.1 Å². The molecule has 1 aromatic carbocycles. The van der Waals surface area contributed by atoms with E-state index in [1.807, 2.05) is 13.8 Å². The maximum Gasteiger partial charge on any atom is 0.416 e. The lowest BCUT2D eigenvalue weighted by Gasteiger charge is -2.31. The van der Waals surface area contributed by atoms with Crippen LogP contribution in [-0.2, 0) is 11.0 Å². The molecule has 0 spiro atoms. The molecule has 2 aromatic rings. The van der Waals surface area contributed by atoms with E-state index in [0.29, 0.717) is 31.7 Å². The van der Waals surface area contributed by atoms with Crippen LogP contribution in [0.5, 0.6) is 0 Å². The van der Waals surface area contributed by atoms with Crippen LogP contribution in [0.15, 0.2) is 36.5 Å². The Morgan fingerprint density at radius 2 is 1.80 bits per heavy atom. The van der Waals surface area contributed by atoms with E-state index in [1.165, 1.54) is 12.1 Å². The van der Waals surface area contributed by atoms with Crippen molar-refractivity contribution >= 4 is 17.6 Å². The summed E-state index contributed by atoms with van der Waals surface area (Å²) in [6, 6.07) is 6.13. The number of hydrogen-bond acceptors (Lipinski definition) is 3. The van der Waals surface area contributed by atoms with Crippen LogP contribution in [-0.4, -0.2) is 39.6 Å². The number of carbonyl (C=O) groups is 2. The van der Waals surface area contributed by atoms with Gasteiger partial charge in [-0.3, -0.25) is 9.59 Å². The second kappa shape index (κ2) is 8.89. The van der Waals surface area contributed by atoms with Gasteiger partial charge in [-0.1, -0.05) is 6.92 Å². The van der Waals surface area contributed by atoms with E-state index < -0.39 is 11.7 Å². The average molecular weight is 422 g/mol. The fraction of sp³-hybridized carbons (Fsp3) is 0.476. The molecule has 1 atom stereocenters. The predicted octanol–water partition coefficient (Wildman–Crippen LogP) is 4.36. The standard InChI is InChI=1S/C21H25F3N4O2/c1-3-14(2)28-18(8-11-25-28)26-19(29)15-9-12-27(13-10-15)20(30)16-4-6-17(7-5-16)21(22,23)24/h4-8,11,14-15H,3,9-10,12-13H2,1-2H3,(H,26,29). The van der Waals surface area contributed by atoms with Crippen molar-refractivity contribution in [2.75, 3.05) is 18.4 Å². The lowest BCUT2D eigenvalue weighted by atomic mass is 9.95. The van der Waals surface area contributed by atoms with Crippen molar-refractivity contribution in [3.05, 3.63) is 47.7 Å². The number of likely N-dealkylation sites (tertiary alicyclic amines) is 1. The molecule has 1 aliphatic heterocycles. The number of amides is 2. The van der Waals surface area contributed by atoms with Gasteiger partial charge in [-0.25, -0.2) is 4.68 Å². The number of piperidine rings is 1. The fourth-order valence-corrected chi connectivity index (χ4v) is 3.49. The van der Waals surface area contributed by atoms with Gasteiger partial charge >= 0.3 is 6.18 Å². The molecule has 1 unspecified atom stereocenters. The van der Waals surface area contributed by atoms with Crippen LogP contribution in [0.3, 0.4) is 0 Å². The van der Waals surface area contributed by atoms with Crippen molar-refractivity contribution < 1.29 is 22.8 Å². The Labute approximate surface area is 173 Å². The van der Waals surface area contributed by atoms with Gasteiger partial charge in [-0.05, 0) is 50.5 Å². The van der Waals surface area contributed by atoms with Crippen molar-refractivity contribution in [1.82, 2.24) is 14.7 Å². The summed E-state index contributed by atoms with van der Waals surface area (Å²) in [5.74, 6) is -0.0151. The van der Waals surface area contributed by atoms with E-state index in [2.05, 4.69) is 10.4 Å². The van der Waals surface area contributed by atoms with Gasteiger partial charge in [0.2, 0.25) is 5.91 Å². The van der Waals surface area contributed by atoms with E-state index >= 15 is 0 Å². The zero-order valence-corrected chi connectivity index (χ0v) is 16.9. The predicted molar refractivity (Wildman–Crippen MR) is 106 cm³/mol. The molecule has 1 aliphatic rings. The number of alkyl halides is 3. The highest BCUT2D eigenvalue weighted by Gasteiger charge is 2.31. The maximum atomic E-state index is 12.7. The highest BCUT2D eigenvalue weighted by molar-refractivity contribution is 5.95. The van der Waals surface area contributed by atoms with Gasteiger partial charge in [0.15, 0.2) is 0 Å². The van der Waals surface area contributed by atoms with Gasteiger partial charge in [0.05, 0.1) is 17.8 Å². The smallest absolute Gasteiger partial charge is 0.339 e. The van der Waals surface area contributed by atoms with Crippen LogP contribution in [0.25, 0.3) is 0 Å². The van der Waals surface area contributed by atoms with Gasteiger partial charge in [-0.15, -0.1) is 0 Å². The first-order valence-corrected chi connectivity index (χ1v) is 10.0. The third-order valence-electron chi connectivity index (χ3n) is 5.54. The summed E-state index contributed by atoms with van der Waals surface area (Å²) in [4.78, 5) is 26.8. The summed E-state index contributed by atoms with van der Waals surface area (Å²) in [6.07, 6.45) is -0.912. The number of hydrogen-bond donors (Lipinski definition) is 1. The molecule has 3 rings (SSSR count). The molecule has 6 nitrogen and oxygen atoms in total. The highest BCUT2D eigenvalue weighted by atomic mass is 19.4. The molecule has 9 heteroatoms. The minimum atomic E-state index is -4.43. The quantitative estimate of drug-likeness (QED) is 0.778. The number of halogens is 3. The summed E-state index contributed by atoms with van der Waals surface area (Å²) in [6.45, 7) is 4.82. The zero-order valence-electron chi connectivity index (χ0n) is 16.9. The van der Waals surface area contributed by atoms with E-state index in [9.17, 15) is 22.8 Å². The number of rotatable bonds is 5. The topological polar surface area (TPSA) is 67.2 Å². The Kier molecular flexibility index (Phi) is 6.48. The van der Waals surface area contributed by atoms with E-state index in [0.717, 1.165) is 18.6 Å². The maximum absolute atomic E-state index is 12.7. The second-order valence-electron chi connectivity index (χ2n) is 7.55. The number of carbonyl (C=O) groups excluding carboxylic acids is 2. The largest absolute Gasteiger partial charge is 0.416 e. The van der Waals surface area contributed by atoms with Gasteiger partial charge < -0.3 is 10.2 Å². The molecule has 0 bridgehead atoms. The van der Waals surface area contributed by atoms with Crippen molar-refractivity contribution in [2.45, 2.75) is 45.3 Å². The number of aromatic nitrogens is 2. The molecule has 0 saturated carbocycles. The Morgan fingerprint density at radius 1 is 1.17 bits per heavy atom. The first-order valence-electron chi connectivity index (χ1n) is 10.0. The Balaban J connectivity index is 1.56. The highest BCUT2D eigenvalue weighted by Crippen LogP contribution is 2.29. The molecule has 1 N–H and O–H groups in total. The fourth-order valence-electron chi connectivity index (χ4n) is 3.49. The molecule has 30 heavy (non-hydrogen) atoms.